The number of carbonyl (C=O) groups is 1. The fraction of sp³-hybridized carbons (Fsp3) is 0. The SMILES string of the molecule is O=C(O)C1=C/C=C\C=N/C=C\1. The van der Waals surface area contributed by atoms with Gasteiger partial charge in [-0.3, -0.25) is 4.99 Å². The van der Waals surface area contributed by atoms with Gasteiger partial charge in [-0.25, -0.2) is 4.79 Å². The molecule has 1 aliphatic rings. The van der Waals surface area contributed by atoms with Crippen LogP contribution in [0.3, 0.4) is 0 Å². The third-order valence-corrected chi connectivity index (χ3v) is 1.15. The summed E-state index contributed by atoms with van der Waals surface area (Å²) in [6, 6.07) is 0. The largest absolute Gasteiger partial charge is 0.478 e. The molecule has 0 saturated carbocycles. The number of rotatable bonds is 1. The first-order valence-electron chi connectivity index (χ1n) is 3.10. The van der Waals surface area contributed by atoms with E-state index in [1.165, 1.54) is 18.4 Å². The highest BCUT2D eigenvalue weighted by Crippen LogP contribution is 1.99. The van der Waals surface area contributed by atoms with Crippen molar-refractivity contribution in [3.63, 3.8) is 0 Å². The Morgan fingerprint density at radius 3 is 3.00 bits per heavy atom. The Morgan fingerprint density at radius 1 is 1.45 bits per heavy atom. The van der Waals surface area contributed by atoms with Crippen LogP contribution in [0.5, 0.6) is 0 Å². The molecule has 56 valence electrons. The fourth-order valence-corrected chi connectivity index (χ4v) is 0.630. The Hall–Kier alpha value is -1.64. The molecule has 1 aliphatic heterocycles. The maximum Gasteiger partial charge on any atom is 0.335 e. The highest BCUT2D eigenvalue weighted by atomic mass is 16.4. The van der Waals surface area contributed by atoms with E-state index in [4.69, 9.17) is 5.11 Å². The number of carboxylic acids is 1. The van der Waals surface area contributed by atoms with Crippen LogP contribution in [0.1, 0.15) is 0 Å². The van der Waals surface area contributed by atoms with E-state index in [0.29, 0.717) is 0 Å². The van der Waals surface area contributed by atoms with Crippen molar-refractivity contribution in [2.24, 2.45) is 4.99 Å². The van der Waals surface area contributed by atoms with Gasteiger partial charge in [0.2, 0.25) is 0 Å². The smallest absolute Gasteiger partial charge is 0.335 e. The van der Waals surface area contributed by atoms with E-state index in [-0.39, 0.29) is 5.57 Å². The molecule has 0 aliphatic carbocycles. The zero-order valence-corrected chi connectivity index (χ0v) is 5.77. The summed E-state index contributed by atoms with van der Waals surface area (Å²) in [5.41, 5.74) is 0.234. The average molecular weight is 149 g/mol. The van der Waals surface area contributed by atoms with Crippen molar-refractivity contribution >= 4 is 12.2 Å². The summed E-state index contributed by atoms with van der Waals surface area (Å²) in [5.74, 6) is -0.942. The van der Waals surface area contributed by atoms with E-state index in [1.807, 2.05) is 0 Å². The van der Waals surface area contributed by atoms with Gasteiger partial charge in [0.15, 0.2) is 0 Å². The minimum Gasteiger partial charge on any atom is -0.478 e. The average Bonchev–Trinajstić information content (AvgIpc) is 1.84. The highest BCUT2D eigenvalue weighted by molar-refractivity contribution is 5.90. The molecule has 0 saturated heterocycles. The Bertz CT molecular complexity index is 272. The lowest BCUT2D eigenvalue weighted by Gasteiger charge is -1.91. The summed E-state index contributed by atoms with van der Waals surface area (Å²) in [6.45, 7) is 0. The van der Waals surface area contributed by atoms with Crippen molar-refractivity contribution < 1.29 is 9.90 Å². The predicted octanol–water partition coefficient (Wildman–Crippen LogP) is 1.15. The number of allylic oxidation sites excluding steroid dienone is 3. The van der Waals surface area contributed by atoms with Crippen LogP contribution in [0.2, 0.25) is 0 Å². The Labute approximate surface area is 64.1 Å². The van der Waals surface area contributed by atoms with Crippen LogP contribution in [0.25, 0.3) is 0 Å². The number of nitrogens with zero attached hydrogens (tertiary/aromatic N) is 1. The quantitative estimate of drug-likeness (QED) is 0.608. The molecule has 0 spiro atoms. The summed E-state index contributed by atoms with van der Waals surface area (Å²) in [7, 11) is 0. The molecule has 0 fully saturated rings. The second-order valence-electron chi connectivity index (χ2n) is 1.93. The van der Waals surface area contributed by atoms with E-state index in [2.05, 4.69) is 4.99 Å². The van der Waals surface area contributed by atoms with Gasteiger partial charge in [-0.05, 0) is 18.2 Å². The van der Waals surface area contributed by atoms with Gasteiger partial charge in [0.1, 0.15) is 0 Å². The van der Waals surface area contributed by atoms with Crippen molar-refractivity contribution in [1.82, 2.24) is 0 Å². The lowest BCUT2D eigenvalue weighted by molar-refractivity contribution is -0.132. The second kappa shape index (κ2) is 3.51. The molecule has 0 aromatic rings. The summed E-state index contributed by atoms with van der Waals surface area (Å²) in [4.78, 5) is 14.2. The van der Waals surface area contributed by atoms with E-state index in [9.17, 15) is 4.79 Å². The number of aliphatic imine (C=N–C) groups is 1. The molecule has 1 heterocycles. The van der Waals surface area contributed by atoms with Crippen LogP contribution in [0.4, 0.5) is 0 Å². The molecule has 3 nitrogen and oxygen atoms in total. The molecule has 11 heavy (non-hydrogen) atoms. The number of aliphatic carboxylic acids is 1. The monoisotopic (exact) mass is 149 g/mol. The Morgan fingerprint density at radius 2 is 2.27 bits per heavy atom. The molecule has 0 amide bonds. The maximum absolute atomic E-state index is 10.4. The number of hydrogen-bond acceptors (Lipinski definition) is 2. The van der Waals surface area contributed by atoms with Gasteiger partial charge in [0, 0.05) is 12.4 Å². The second-order valence-corrected chi connectivity index (χ2v) is 1.93. The minimum absolute atomic E-state index is 0.234. The van der Waals surface area contributed by atoms with Crippen molar-refractivity contribution in [2.45, 2.75) is 0 Å². The standard InChI is InChI=1S/C8H7NO2/c10-8(11)7-3-1-2-5-9-6-4-7/h1-6H,(H,10,11)/b2-1-,3-1?,5-2?,6-4-,7-3+,7-4?,9-5-,9-6?. The summed E-state index contributed by atoms with van der Waals surface area (Å²) >= 11 is 0. The Balaban J connectivity index is 2.87. The van der Waals surface area contributed by atoms with E-state index in [1.54, 1.807) is 18.4 Å². The summed E-state index contributed by atoms with van der Waals surface area (Å²) in [6.07, 6.45) is 9.31. The lowest BCUT2D eigenvalue weighted by Crippen LogP contribution is -1.96. The minimum atomic E-state index is -0.942. The molecule has 3 heteroatoms. The molecule has 0 aromatic heterocycles. The molecular formula is C8H7NO2. The van der Waals surface area contributed by atoms with Crippen LogP contribution in [0, 0.1) is 0 Å². The van der Waals surface area contributed by atoms with Gasteiger partial charge in [0.05, 0.1) is 5.57 Å². The molecular weight excluding hydrogens is 142 g/mol. The molecule has 1 rings (SSSR count). The Kier molecular flexibility index (Phi) is 2.38. The number of hydrogen-bond donors (Lipinski definition) is 1. The van der Waals surface area contributed by atoms with Gasteiger partial charge >= 0.3 is 5.97 Å². The van der Waals surface area contributed by atoms with Crippen LogP contribution >= 0.6 is 0 Å². The topological polar surface area (TPSA) is 49.7 Å². The third kappa shape index (κ3) is 2.21. The molecule has 0 radical (unpaired) electrons. The van der Waals surface area contributed by atoms with Gasteiger partial charge in [-0.15, -0.1) is 0 Å². The first kappa shape index (κ1) is 7.47. The zero-order valence-electron chi connectivity index (χ0n) is 5.77. The number of carboxylic acid groups (broad SMARTS) is 1. The van der Waals surface area contributed by atoms with E-state index in [0.717, 1.165) is 0 Å². The van der Waals surface area contributed by atoms with Crippen LogP contribution in [-0.2, 0) is 4.79 Å². The van der Waals surface area contributed by atoms with E-state index >= 15 is 0 Å². The molecule has 1 N–H and O–H groups in total. The van der Waals surface area contributed by atoms with E-state index < -0.39 is 5.97 Å². The van der Waals surface area contributed by atoms with Crippen molar-refractivity contribution in [3.8, 4) is 0 Å². The van der Waals surface area contributed by atoms with Crippen LogP contribution in [0.15, 0.2) is 41.1 Å². The fourth-order valence-electron chi connectivity index (χ4n) is 0.630. The van der Waals surface area contributed by atoms with Crippen molar-refractivity contribution in [1.29, 1.82) is 0 Å². The van der Waals surface area contributed by atoms with Crippen molar-refractivity contribution in [2.75, 3.05) is 0 Å². The molecule has 0 aromatic carbocycles. The first-order valence-corrected chi connectivity index (χ1v) is 3.10. The third-order valence-electron chi connectivity index (χ3n) is 1.15. The van der Waals surface area contributed by atoms with Gasteiger partial charge in [-0.1, -0.05) is 6.08 Å². The van der Waals surface area contributed by atoms with Gasteiger partial charge < -0.3 is 5.11 Å². The van der Waals surface area contributed by atoms with Crippen molar-refractivity contribution in [3.05, 3.63) is 36.1 Å². The van der Waals surface area contributed by atoms with Crippen LogP contribution in [-0.4, -0.2) is 17.3 Å². The first-order chi connectivity index (χ1) is 5.30. The molecule has 0 atom stereocenters. The predicted molar refractivity (Wildman–Crippen MR) is 42.5 cm³/mol. The normalized spacial score (nSPS) is 28.9. The molecule has 0 unspecified atom stereocenters. The van der Waals surface area contributed by atoms with Gasteiger partial charge in [-0.2, -0.15) is 0 Å². The maximum atomic E-state index is 10.4. The summed E-state index contributed by atoms with van der Waals surface area (Å²) < 4.78 is 0. The molecule has 0 bridgehead atoms. The lowest BCUT2D eigenvalue weighted by atomic mass is 10.2. The highest BCUT2D eigenvalue weighted by Gasteiger charge is 2.00. The van der Waals surface area contributed by atoms with Gasteiger partial charge in [0.25, 0.3) is 0 Å². The zero-order chi connectivity index (χ0) is 8.10. The summed E-state index contributed by atoms with van der Waals surface area (Å²) in [5, 5.41) is 8.55. The van der Waals surface area contributed by atoms with Crippen LogP contribution < -0.4 is 0 Å².